The first-order valence-corrected chi connectivity index (χ1v) is 7.01. The molecule has 0 atom stereocenters. The van der Waals surface area contributed by atoms with Gasteiger partial charge in [-0.1, -0.05) is 43.3 Å². The van der Waals surface area contributed by atoms with Gasteiger partial charge in [0.05, 0.1) is 0 Å². The van der Waals surface area contributed by atoms with E-state index in [1.165, 1.54) is 41.2 Å². The molecule has 0 aromatic heterocycles. The number of hydrogen-bond acceptors (Lipinski definition) is 1. The fourth-order valence-electron chi connectivity index (χ4n) is 2.47. The molecule has 0 aliphatic heterocycles. The highest BCUT2D eigenvalue weighted by Crippen LogP contribution is 2.23. The lowest BCUT2D eigenvalue weighted by Crippen LogP contribution is -2.13. The molecule has 0 heterocycles. The Morgan fingerprint density at radius 3 is 2.50 bits per heavy atom. The number of hydrogen-bond donors (Lipinski definition) is 1. The van der Waals surface area contributed by atoms with Gasteiger partial charge in [-0.3, -0.25) is 0 Å². The van der Waals surface area contributed by atoms with E-state index in [1.54, 1.807) is 0 Å². The molecule has 0 aliphatic rings. The first-order valence-electron chi connectivity index (χ1n) is 7.01. The number of benzene rings is 2. The first-order chi connectivity index (χ1) is 8.83. The predicted octanol–water partition coefficient (Wildman–Crippen LogP) is 4.08. The Kier molecular flexibility index (Phi) is 4.77. The van der Waals surface area contributed by atoms with E-state index in [0.29, 0.717) is 0 Å². The highest BCUT2D eigenvalue weighted by Gasteiger charge is 2.02. The average Bonchev–Trinajstić information content (AvgIpc) is 2.41. The number of nitrogens with one attached hydrogen (secondary N) is 1. The van der Waals surface area contributed by atoms with Crippen molar-refractivity contribution in [2.45, 2.75) is 33.1 Å². The maximum atomic E-state index is 3.38. The van der Waals surface area contributed by atoms with E-state index in [2.05, 4.69) is 55.6 Å². The van der Waals surface area contributed by atoms with Gasteiger partial charge in [-0.2, -0.15) is 0 Å². The summed E-state index contributed by atoms with van der Waals surface area (Å²) in [6.45, 7) is 6.57. The zero-order chi connectivity index (χ0) is 12.8. The van der Waals surface area contributed by atoms with Crippen LogP contribution in [-0.2, 0) is 6.42 Å². The Bertz CT molecular complexity index is 502. The van der Waals surface area contributed by atoms with Crippen molar-refractivity contribution < 1.29 is 0 Å². The van der Waals surface area contributed by atoms with E-state index in [1.807, 2.05) is 0 Å². The van der Waals surface area contributed by atoms with Crippen LogP contribution in [0.2, 0.25) is 0 Å². The van der Waals surface area contributed by atoms with Crippen molar-refractivity contribution in [3.05, 3.63) is 47.5 Å². The molecule has 0 unspecified atom stereocenters. The summed E-state index contributed by atoms with van der Waals surface area (Å²) in [6, 6.07) is 13.3. The molecule has 0 radical (unpaired) electrons. The molecule has 0 saturated carbocycles. The van der Waals surface area contributed by atoms with Gasteiger partial charge in [0.25, 0.3) is 0 Å². The number of fused-ring (bicyclic) bond motifs is 1. The van der Waals surface area contributed by atoms with Crippen LogP contribution in [0.3, 0.4) is 0 Å². The van der Waals surface area contributed by atoms with E-state index in [9.17, 15) is 0 Å². The maximum absolute atomic E-state index is 3.38. The molecule has 0 aliphatic carbocycles. The Balaban J connectivity index is 2.07. The van der Waals surface area contributed by atoms with Crippen LogP contribution in [0.4, 0.5) is 0 Å². The van der Waals surface area contributed by atoms with Crippen LogP contribution in [0.5, 0.6) is 0 Å². The summed E-state index contributed by atoms with van der Waals surface area (Å²) in [7, 11) is 0. The number of aryl methyl sites for hydroxylation is 2. The van der Waals surface area contributed by atoms with Gasteiger partial charge in [0.15, 0.2) is 0 Å². The van der Waals surface area contributed by atoms with Crippen molar-refractivity contribution in [2.75, 3.05) is 13.1 Å². The molecule has 1 N–H and O–H groups in total. The molecule has 96 valence electrons. The van der Waals surface area contributed by atoms with Crippen LogP contribution in [0.1, 0.15) is 30.9 Å². The molecule has 18 heavy (non-hydrogen) atoms. The van der Waals surface area contributed by atoms with Crippen molar-refractivity contribution in [3.63, 3.8) is 0 Å². The summed E-state index contributed by atoms with van der Waals surface area (Å²) in [5, 5.41) is 6.22. The largest absolute Gasteiger partial charge is 0.317 e. The Morgan fingerprint density at radius 1 is 0.944 bits per heavy atom. The second-order valence-electron chi connectivity index (χ2n) is 4.90. The fourth-order valence-corrected chi connectivity index (χ4v) is 2.47. The molecule has 1 nitrogen and oxygen atoms in total. The molecular formula is C17H23N. The Labute approximate surface area is 110 Å². The van der Waals surface area contributed by atoms with Gasteiger partial charge in [0, 0.05) is 0 Å². The van der Waals surface area contributed by atoms with Crippen LogP contribution in [0, 0.1) is 6.92 Å². The molecule has 2 aromatic rings. The van der Waals surface area contributed by atoms with Crippen LogP contribution >= 0.6 is 0 Å². The van der Waals surface area contributed by atoms with Gasteiger partial charge >= 0.3 is 0 Å². The second kappa shape index (κ2) is 6.55. The fraction of sp³-hybridized carbons (Fsp3) is 0.412. The van der Waals surface area contributed by atoms with Gasteiger partial charge in [-0.05, 0) is 61.2 Å². The van der Waals surface area contributed by atoms with Crippen molar-refractivity contribution >= 4 is 10.8 Å². The van der Waals surface area contributed by atoms with Gasteiger partial charge < -0.3 is 5.32 Å². The average molecular weight is 241 g/mol. The minimum atomic E-state index is 1.08. The third-order valence-corrected chi connectivity index (χ3v) is 3.53. The summed E-state index contributed by atoms with van der Waals surface area (Å²) in [6.07, 6.45) is 3.71. The quantitative estimate of drug-likeness (QED) is 0.751. The minimum absolute atomic E-state index is 1.08. The van der Waals surface area contributed by atoms with Crippen LogP contribution in [0.15, 0.2) is 36.4 Å². The zero-order valence-electron chi connectivity index (χ0n) is 11.5. The molecule has 0 amide bonds. The highest BCUT2D eigenvalue weighted by atomic mass is 14.8. The third-order valence-electron chi connectivity index (χ3n) is 3.53. The topological polar surface area (TPSA) is 12.0 Å². The van der Waals surface area contributed by atoms with Crippen LogP contribution < -0.4 is 5.32 Å². The molecule has 0 bridgehead atoms. The van der Waals surface area contributed by atoms with E-state index in [4.69, 9.17) is 0 Å². The normalized spacial score (nSPS) is 11.0. The van der Waals surface area contributed by atoms with E-state index < -0.39 is 0 Å². The smallest absolute Gasteiger partial charge is 0.00489 e. The highest BCUT2D eigenvalue weighted by molar-refractivity contribution is 5.88. The summed E-state index contributed by atoms with van der Waals surface area (Å²) >= 11 is 0. The van der Waals surface area contributed by atoms with E-state index in [-0.39, 0.29) is 0 Å². The van der Waals surface area contributed by atoms with Gasteiger partial charge in [0.2, 0.25) is 0 Å². The molecular weight excluding hydrogens is 218 g/mol. The summed E-state index contributed by atoms with van der Waals surface area (Å²) in [5.74, 6) is 0. The monoisotopic (exact) mass is 241 g/mol. The summed E-state index contributed by atoms with van der Waals surface area (Å²) < 4.78 is 0. The second-order valence-corrected chi connectivity index (χ2v) is 4.90. The Hall–Kier alpha value is -1.34. The lowest BCUT2D eigenvalue weighted by Gasteiger charge is -2.09. The van der Waals surface area contributed by atoms with Crippen molar-refractivity contribution in [2.24, 2.45) is 0 Å². The van der Waals surface area contributed by atoms with Crippen molar-refractivity contribution in [1.29, 1.82) is 0 Å². The minimum Gasteiger partial charge on any atom is -0.317 e. The maximum Gasteiger partial charge on any atom is -0.00489 e. The predicted molar refractivity (Wildman–Crippen MR) is 80.2 cm³/mol. The molecule has 0 spiro atoms. The molecule has 0 fully saturated rings. The van der Waals surface area contributed by atoms with Gasteiger partial charge in [0.1, 0.15) is 0 Å². The standard InChI is InChI=1S/C17H23N/c1-3-18-13-7-6-8-15-12-11-14(2)16-9-4-5-10-17(15)16/h4-5,9-12,18H,3,6-8,13H2,1-2H3. The Morgan fingerprint density at radius 2 is 1.72 bits per heavy atom. The SMILES string of the molecule is CCNCCCCc1ccc(C)c2ccccc12. The van der Waals surface area contributed by atoms with Crippen molar-refractivity contribution in [1.82, 2.24) is 5.32 Å². The molecule has 0 saturated heterocycles. The first kappa shape index (κ1) is 13.1. The zero-order valence-corrected chi connectivity index (χ0v) is 11.5. The van der Waals surface area contributed by atoms with Crippen molar-refractivity contribution in [3.8, 4) is 0 Å². The summed E-state index contributed by atoms with van der Waals surface area (Å²) in [5.41, 5.74) is 2.87. The van der Waals surface area contributed by atoms with Gasteiger partial charge in [-0.15, -0.1) is 0 Å². The van der Waals surface area contributed by atoms with Crippen LogP contribution in [-0.4, -0.2) is 13.1 Å². The number of rotatable bonds is 6. The van der Waals surface area contributed by atoms with E-state index >= 15 is 0 Å². The van der Waals surface area contributed by atoms with Crippen LogP contribution in [0.25, 0.3) is 10.8 Å². The summed E-state index contributed by atoms with van der Waals surface area (Å²) in [4.78, 5) is 0. The lowest BCUT2D eigenvalue weighted by atomic mass is 9.97. The lowest BCUT2D eigenvalue weighted by molar-refractivity contribution is 0.642. The number of unbranched alkanes of at least 4 members (excludes halogenated alkanes) is 1. The molecule has 1 heteroatoms. The third kappa shape index (κ3) is 3.11. The molecule has 2 aromatic carbocycles. The van der Waals surface area contributed by atoms with E-state index in [0.717, 1.165) is 13.1 Å². The van der Waals surface area contributed by atoms with Gasteiger partial charge in [-0.25, -0.2) is 0 Å². The molecule has 2 rings (SSSR count).